The van der Waals surface area contributed by atoms with Crippen molar-refractivity contribution >= 4 is 21.6 Å². The summed E-state index contributed by atoms with van der Waals surface area (Å²) in [5.74, 6) is 0.0849. The Hall–Kier alpha value is -1.11. The Morgan fingerprint density at radius 3 is 2.52 bits per heavy atom. The van der Waals surface area contributed by atoms with E-state index in [0.29, 0.717) is 11.0 Å². The van der Waals surface area contributed by atoms with Gasteiger partial charge in [0.25, 0.3) is 0 Å². The van der Waals surface area contributed by atoms with Crippen molar-refractivity contribution in [3.8, 4) is 5.75 Å². The van der Waals surface area contributed by atoms with Gasteiger partial charge in [-0.1, -0.05) is 15.9 Å². The summed E-state index contributed by atoms with van der Waals surface area (Å²) in [4.78, 5) is 0. The average molecular weight is 356 g/mol. The number of nitrogens with zero attached hydrogens (tertiary/aromatic N) is 1. The van der Waals surface area contributed by atoms with Gasteiger partial charge in [-0.05, 0) is 38.1 Å². The minimum Gasteiger partial charge on any atom is -0.623 e. The van der Waals surface area contributed by atoms with E-state index in [1.165, 1.54) is 0 Å². The van der Waals surface area contributed by atoms with Crippen LogP contribution >= 0.6 is 15.9 Å². The van der Waals surface area contributed by atoms with Crippen LogP contribution in [0.4, 0.5) is 0 Å². The molecule has 1 fully saturated rings. The monoisotopic (exact) mass is 355 g/mol. The van der Waals surface area contributed by atoms with E-state index in [2.05, 4.69) is 15.9 Å². The first-order chi connectivity index (χ1) is 9.96. The lowest BCUT2D eigenvalue weighted by Crippen LogP contribution is -2.35. The van der Waals surface area contributed by atoms with Crippen LogP contribution in [0.5, 0.6) is 5.75 Å². The van der Waals surface area contributed by atoms with Crippen molar-refractivity contribution in [3.63, 3.8) is 0 Å². The molecule has 0 N–H and O–H groups in total. The van der Waals surface area contributed by atoms with Gasteiger partial charge in [0.1, 0.15) is 5.75 Å². The van der Waals surface area contributed by atoms with Gasteiger partial charge in [-0.25, -0.2) is 0 Å². The van der Waals surface area contributed by atoms with Crippen LogP contribution in [0, 0.1) is 5.21 Å². The topological polar surface area (TPSA) is 53.8 Å². The highest BCUT2D eigenvalue weighted by molar-refractivity contribution is 9.09. The van der Waals surface area contributed by atoms with E-state index in [1.54, 1.807) is 7.11 Å². The Morgan fingerprint density at radius 2 is 1.95 bits per heavy atom. The quantitative estimate of drug-likeness (QED) is 0.474. The minimum absolute atomic E-state index is 0.256. The fourth-order valence-electron chi connectivity index (χ4n) is 2.92. The van der Waals surface area contributed by atoms with Crippen molar-refractivity contribution in [3.05, 3.63) is 35.0 Å². The zero-order valence-electron chi connectivity index (χ0n) is 12.2. The lowest BCUT2D eigenvalue weighted by atomic mass is 10.0. The van der Waals surface area contributed by atoms with Crippen molar-refractivity contribution in [2.45, 2.75) is 37.9 Å². The second-order valence-corrected chi connectivity index (χ2v) is 6.33. The summed E-state index contributed by atoms with van der Waals surface area (Å²) >= 11 is 3.40. The molecule has 3 atom stereocenters. The summed E-state index contributed by atoms with van der Waals surface area (Å²) in [7, 11) is 1.62. The van der Waals surface area contributed by atoms with Crippen LogP contribution in [-0.2, 0) is 9.47 Å². The predicted molar refractivity (Wildman–Crippen MR) is 82.1 cm³/mol. The first kappa shape index (κ1) is 14.8. The van der Waals surface area contributed by atoms with Crippen molar-refractivity contribution in [1.29, 1.82) is 0 Å². The highest BCUT2D eigenvalue weighted by Gasteiger charge is 2.57. The zero-order chi connectivity index (χ0) is 15.2. The summed E-state index contributed by atoms with van der Waals surface area (Å²) in [5, 5.41) is 13.1. The van der Waals surface area contributed by atoms with Crippen LogP contribution in [-0.4, -0.2) is 46.9 Å². The van der Waals surface area contributed by atoms with Crippen LogP contribution < -0.4 is 4.74 Å². The predicted octanol–water partition coefficient (Wildman–Crippen LogP) is 2.29. The number of methoxy groups -OCH3 is 1. The molecule has 0 saturated carbocycles. The summed E-state index contributed by atoms with van der Waals surface area (Å²) in [6.07, 6.45) is -0.595. The van der Waals surface area contributed by atoms with E-state index in [0.717, 1.165) is 16.1 Å². The number of hydrogen-bond donors (Lipinski definition) is 0. The average Bonchev–Trinajstić information content (AvgIpc) is 2.88. The maximum atomic E-state index is 12.6. The standard InChI is InChI=1S/C15H18BrNO4/c1-15(2)20-13-11(8-16)17(18)12(14(13)21-15)9-4-6-10(19-3)7-5-9/h4-7,11,13-14H,8H2,1-3H3/t11-,13+,14-/m0/s1. The van der Waals surface area contributed by atoms with Gasteiger partial charge in [-0.2, -0.15) is 4.74 Å². The van der Waals surface area contributed by atoms with Gasteiger partial charge in [0.2, 0.25) is 11.8 Å². The van der Waals surface area contributed by atoms with Gasteiger partial charge in [0.15, 0.2) is 18.0 Å². The molecule has 1 aromatic carbocycles. The van der Waals surface area contributed by atoms with Gasteiger partial charge in [0, 0.05) is 5.56 Å². The molecular weight excluding hydrogens is 338 g/mol. The van der Waals surface area contributed by atoms with E-state index in [9.17, 15) is 5.21 Å². The molecule has 21 heavy (non-hydrogen) atoms. The summed E-state index contributed by atoms with van der Waals surface area (Å²) < 4.78 is 18.0. The van der Waals surface area contributed by atoms with Gasteiger partial charge in [-0.3, -0.25) is 0 Å². The normalized spacial score (nSPS) is 30.6. The van der Waals surface area contributed by atoms with Crippen molar-refractivity contribution < 1.29 is 18.9 Å². The van der Waals surface area contributed by atoms with E-state index in [-0.39, 0.29) is 18.2 Å². The van der Waals surface area contributed by atoms with Gasteiger partial charge in [-0.15, -0.1) is 0 Å². The third-order valence-corrected chi connectivity index (χ3v) is 4.52. The molecule has 2 heterocycles. The van der Waals surface area contributed by atoms with Crippen molar-refractivity contribution in [2.75, 3.05) is 12.4 Å². The van der Waals surface area contributed by atoms with Crippen molar-refractivity contribution in [1.82, 2.24) is 0 Å². The summed E-state index contributed by atoms with van der Waals surface area (Å²) in [5.41, 5.74) is 1.46. The number of hydroxylamine groups is 1. The maximum absolute atomic E-state index is 12.6. The third kappa shape index (κ3) is 2.45. The Balaban J connectivity index is 2.00. The Kier molecular flexibility index (Phi) is 3.71. The highest BCUT2D eigenvalue weighted by Crippen LogP contribution is 2.37. The first-order valence-corrected chi connectivity index (χ1v) is 7.98. The third-order valence-electron chi connectivity index (χ3n) is 3.86. The minimum atomic E-state index is -0.672. The second kappa shape index (κ2) is 5.26. The van der Waals surface area contributed by atoms with Gasteiger partial charge in [0.05, 0.1) is 12.4 Å². The van der Waals surface area contributed by atoms with Crippen LogP contribution in [0.1, 0.15) is 19.4 Å². The number of ether oxygens (including phenoxy) is 3. The lowest BCUT2D eigenvalue weighted by molar-refractivity contribution is -0.498. The van der Waals surface area contributed by atoms with E-state index < -0.39 is 5.79 Å². The van der Waals surface area contributed by atoms with E-state index >= 15 is 0 Å². The molecule has 2 aliphatic rings. The molecule has 0 bridgehead atoms. The SMILES string of the molecule is COc1ccc(C2=[N+]([O-])[C@@H](CBr)[C@H]3OC(C)(C)O[C@@H]23)cc1. The molecule has 5 nitrogen and oxygen atoms in total. The molecule has 1 aromatic rings. The van der Waals surface area contributed by atoms with Gasteiger partial charge >= 0.3 is 0 Å². The van der Waals surface area contributed by atoms with Gasteiger partial charge < -0.3 is 19.4 Å². The Labute approximate surface area is 132 Å². The molecule has 0 aromatic heterocycles. The molecule has 0 radical (unpaired) electrons. The molecule has 6 heteroatoms. The lowest BCUT2D eigenvalue weighted by Gasteiger charge is -2.21. The molecule has 0 aliphatic carbocycles. The zero-order valence-corrected chi connectivity index (χ0v) is 13.8. The Morgan fingerprint density at radius 1 is 1.29 bits per heavy atom. The number of fused-ring (bicyclic) bond motifs is 1. The first-order valence-electron chi connectivity index (χ1n) is 6.86. The number of alkyl halides is 1. The van der Waals surface area contributed by atoms with Crippen LogP contribution in [0.15, 0.2) is 24.3 Å². The number of benzene rings is 1. The molecule has 1 saturated heterocycles. The van der Waals surface area contributed by atoms with Crippen LogP contribution in [0.2, 0.25) is 0 Å². The second-order valence-electron chi connectivity index (χ2n) is 5.68. The molecule has 114 valence electrons. The Bertz CT molecular complexity index is 570. The number of halogens is 1. The fraction of sp³-hybridized carbons (Fsp3) is 0.533. The molecule has 0 amide bonds. The summed E-state index contributed by atoms with van der Waals surface area (Å²) in [6.45, 7) is 3.74. The number of rotatable bonds is 3. The highest BCUT2D eigenvalue weighted by atomic mass is 79.9. The fourth-order valence-corrected chi connectivity index (χ4v) is 3.55. The van der Waals surface area contributed by atoms with Crippen LogP contribution in [0.25, 0.3) is 0 Å². The van der Waals surface area contributed by atoms with Crippen molar-refractivity contribution in [2.24, 2.45) is 0 Å². The smallest absolute Gasteiger partial charge is 0.227 e. The maximum Gasteiger partial charge on any atom is 0.227 e. The molecule has 0 unspecified atom stereocenters. The number of hydrogen-bond acceptors (Lipinski definition) is 4. The molecule has 2 aliphatic heterocycles. The van der Waals surface area contributed by atoms with E-state index in [4.69, 9.17) is 14.2 Å². The summed E-state index contributed by atoms with van der Waals surface area (Å²) in [6, 6.07) is 7.15. The van der Waals surface area contributed by atoms with Crippen LogP contribution in [0.3, 0.4) is 0 Å². The van der Waals surface area contributed by atoms with E-state index in [1.807, 2.05) is 38.1 Å². The molecule has 3 rings (SSSR count). The molecule has 0 spiro atoms. The molecular formula is C15H18BrNO4. The largest absolute Gasteiger partial charge is 0.623 e.